The lowest BCUT2D eigenvalue weighted by molar-refractivity contribution is 0.0922. The summed E-state index contributed by atoms with van der Waals surface area (Å²) in [5, 5.41) is 5.05. The second-order valence-electron chi connectivity index (χ2n) is 7.77. The number of piperidine rings is 1. The Balaban J connectivity index is 2.08. The third-order valence-corrected chi connectivity index (χ3v) is 7.62. The Kier molecular flexibility index (Phi) is 7.69. The Labute approximate surface area is 184 Å². The molecule has 0 saturated carbocycles. The first-order chi connectivity index (χ1) is 14.9. The fourth-order valence-corrected chi connectivity index (χ4v) is 6.10. The van der Waals surface area contributed by atoms with Gasteiger partial charge in [0.2, 0.25) is 10.0 Å². The summed E-state index contributed by atoms with van der Waals surface area (Å²) in [7, 11) is -2.38. The minimum Gasteiger partial charge on any atom is -0.496 e. The molecule has 0 bridgehead atoms. The number of hydrogen-bond acceptors (Lipinski definition) is 5. The third-order valence-electron chi connectivity index (χ3n) is 5.82. The molecule has 3 N–H and O–H groups in total. The number of methoxy groups -OCH3 is 1. The molecule has 7 nitrogen and oxygen atoms in total. The van der Waals surface area contributed by atoms with E-state index in [0.29, 0.717) is 50.2 Å². The number of amides is 1. The van der Waals surface area contributed by atoms with E-state index in [0.717, 1.165) is 5.56 Å². The number of carbonyl (C=O) groups is 1. The van der Waals surface area contributed by atoms with Gasteiger partial charge in [-0.25, -0.2) is 13.1 Å². The molecule has 0 radical (unpaired) electrons. The molecule has 1 aliphatic heterocycles. The van der Waals surface area contributed by atoms with Crippen molar-refractivity contribution in [3.63, 3.8) is 0 Å². The van der Waals surface area contributed by atoms with Gasteiger partial charge in [0.15, 0.2) is 5.37 Å². The maximum absolute atomic E-state index is 13.5. The van der Waals surface area contributed by atoms with Crippen molar-refractivity contribution < 1.29 is 17.9 Å². The van der Waals surface area contributed by atoms with Gasteiger partial charge in [0.1, 0.15) is 5.75 Å². The maximum Gasteiger partial charge on any atom is 0.256 e. The van der Waals surface area contributed by atoms with Crippen molar-refractivity contribution in [1.82, 2.24) is 15.4 Å². The van der Waals surface area contributed by atoms with E-state index in [1.165, 1.54) is 7.11 Å². The van der Waals surface area contributed by atoms with Gasteiger partial charge in [-0.1, -0.05) is 49.4 Å². The molecule has 31 heavy (non-hydrogen) atoms. The zero-order valence-electron chi connectivity index (χ0n) is 18.1. The van der Waals surface area contributed by atoms with Crippen LogP contribution in [0.25, 0.3) is 0 Å². The molecular weight excluding hydrogens is 414 g/mol. The Morgan fingerprint density at radius 3 is 2.39 bits per heavy atom. The SMILES string of the molecule is CCCNS(=O)(=O)C(NC(=O)c1ccccc1OC)C1(c2ccccc2)CCNCC1. The number of benzene rings is 2. The van der Waals surface area contributed by atoms with Crippen LogP contribution in [-0.4, -0.2) is 46.4 Å². The minimum absolute atomic E-state index is 0.304. The zero-order valence-corrected chi connectivity index (χ0v) is 18.9. The van der Waals surface area contributed by atoms with Crippen LogP contribution in [0.1, 0.15) is 42.1 Å². The molecule has 1 unspecified atom stereocenters. The van der Waals surface area contributed by atoms with E-state index in [2.05, 4.69) is 15.4 Å². The molecule has 1 amide bonds. The second kappa shape index (κ2) is 10.3. The van der Waals surface area contributed by atoms with Gasteiger partial charge < -0.3 is 15.4 Å². The van der Waals surface area contributed by atoms with Crippen LogP contribution in [-0.2, 0) is 15.4 Å². The highest BCUT2D eigenvalue weighted by atomic mass is 32.2. The quantitative estimate of drug-likeness (QED) is 0.551. The van der Waals surface area contributed by atoms with Gasteiger partial charge in [0.25, 0.3) is 5.91 Å². The van der Waals surface area contributed by atoms with Gasteiger partial charge in [-0.3, -0.25) is 4.79 Å². The van der Waals surface area contributed by atoms with E-state index in [1.54, 1.807) is 24.3 Å². The van der Waals surface area contributed by atoms with Gasteiger partial charge >= 0.3 is 0 Å². The summed E-state index contributed by atoms with van der Waals surface area (Å²) in [4.78, 5) is 13.3. The maximum atomic E-state index is 13.5. The topological polar surface area (TPSA) is 96.5 Å². The molecule has 1 atom stereocenters. The lowest BCUT2D eigenvalue weighted by Crippen LogP contribution is -2.61. The fraction of sp³-hybridized carbons (Fsp3) is 0.435. The summed E-state index contributed by atoms with van der Waals surface area (Å²) in [6.45, 7) is 3.55. The summed E-state index contributed by atoms with van der Waals surface area (Å²) < 4.78 is 35.0. The van der Waals surface area contributed by atoms with Crippen molar-refractivity contribution in [2.45, 2.75) is 37.0 Å². The van der Waals surface area contributed by atoms with Gasteiger partial charge in [0, 0.05) is 12.0 Å². The molecule has 1 aliphatic rings. The third kappa shape index (κ3) is 5.08. The fourth-order valence-electron chi connectivity index (χ4n) is 4.21. The Morgan fingerprint density at radius 2 is 1.74 bits per heavy atom. The van der Waals surface area contributed by atoms with Gasteiger partial charge in [-0.15, -0.1) is 0 Å². The highest BCUT2D eigenvalue weighted by Gasteiger charge is 2.49. The molecule has 168 valence electrons. The van der Waals surface area contributed by atoms with Crippen LogP contribution in [0, 0.1) is 0 Å². The molecule has 2 aromatic rings. The summed E-state index contributed by atoms with van der Waals surface area (Å²) in [6, 6.07) is 16.4. The van der Waals surface area contributed by atoms with Crippen LogP contribution in [0.5, 0.6) is 5.75 Å². The Morgan fingerprint density at radius 1 is 1.10 bits per heavy atom. The highest BCUT2D eigenvalue weighted by Crippen LogP contribution is 2.39. The summed E-state index contributed by atoms with van der Waals surface area (Å²) in [6.07, 6.45) is 1.83. The van der Waals surface area contributed by atoms with Crippen LogP contribution >= 0.6 is 0 Å². The Bertz CT molecular complexity index is 973. The molecule has 1 heterocycles. The van der Waals surface area contributed by atoms with E-state index >= 15 is 0 Å². The predicted molar refractivity (Wildman–Crippen MR) is 122 cm³/mol. The predicted octanol–water partition coefficient (Wildman–Crippen LogP) is 2.40. The molecule has 3 rings (SSSR count). The van der Waals surface area contributed by atoms with Crippen LogP contribution in [0.4, 0.5) is 0 Å². The van der Waals surface area contributed by atoms with E-state index in [9.17, 15) is 13.2 Å². The van der Waals surface area contributed by atoms with Crippen molar-refractivity contribution in [2.24, 2.45) is 0 Å². The molecule has 1 saturated heterocycles. The average Bonchev–Trinajstić information content (AvgIpc) is 2.82. The molecule has 0 spiro atoms. The highest BCUT2D eigenvalue weighted by molar-refractivity contribution is 7.90. The number of sulfonamides is 1. The number of hydrogen-bond donors (Lipinski definition) is 3. The molecule has 0 aliphatic carbocycles. The standard InChI is InChI=1S/C23H31N3O4S/c1-3-15-25-31(28,29)22(26-21(27)19-11-7-8-12-20(19)30-2)23(13-16-24-17-14-23)18-9-5-4-6-10-18/h4-12,22,24-25H,3,13-17H2,1-2H3,(H,26,27). The molecule has 2 aromatic carbocycles. The summed E-state index contributed by atoms with van der Waals surface area (Å²) >= 11 is 0. The number of para-hydroxylation sites is 1. The van der Waals surface area contributed by atoms with Crippen molar-refractivity contribution >= 4 is 15.9 Å². The van der Waals surface area contributed by atoms with Gasteiger partial charge in [-0.2, -0.15) is 0 Å². The summed E-state index contributed by atoms with van der Waals surface area (Å²) in [5.74, 6) is -0.0742. The number of ether oxygens (including phenoxy) is 1. The van der Waals surface area contributed by atoms with Crippen molar-refractivity contribution in [1.29, 1.82) is 0 Å². The second-order valence-corrected chi connectivity index (χ2v) is 9.62. The van der Waals surface area contributed by atoms with Crippen LogP contribution < -0.4 is 20.1 Å². The van der Waals surface area contributed by atoms with Crippen LogP contribution in [0.15, 0.2) is 54.6 Å². The van der Waals surface area contributed by atoms with E-state index in [-0.39, 0.29) is 0 Å². The first-order valence-electron chi connectivity index (χ1n) is 10.6. The monoisotopic (exact) mass is 445 g/mol. The molecule has 1 fully saturated rings. The van der Waals surface area contributed by atoms with E-state index in [4.69, 9.17) is 4.74 Å². The molecular formula is C23H31N3O4S. The van der Waals surface area contributed by atoms with Crippen molar-refractivity contribution in [2.75, 3.05) is 26.7 Å². The number of carbonyl (C=O) groups excluding carboxylic acids is 1. The van der Waals surface area contributed by atoms with Crippen LogP contribution in [0.2, 0.25) is 0 Å². The van der Waals surface area contributed by atoms with E-state index in [1.807, 2.05) is 37.3 Å². The minimum atomic E-state index is -3.86. The Hall–Kier alpha value is -2.42. The summed E-state index contributed by atoms with van der Waals surface area (Å²) in [5.41, 5.74) is 0.450. The van der Waals surface area contributed by atoms with E-state index < -0.39 is 26.7 Å². The zero-order chi connectivity index (χ0) is 22.3. The average molecular weight is 446 g/mol. The number of nitrogens with one attached hydrogen (secondary N) is 3. The van der Waals surface area contributed by atoms with Crippen LogP contribution in [0.3, 0.4) is 0 Å². The largest absolute Gasteiger partial charge is 0.496 e. The van der Waals surface area contributed by atoms with Gasteiger partial charge in [-0.05, 0) is 50.0 Å². The van der Waals surface area contributed by atoms with Crippen molar-refractivity contribution in [3.05, 3.63) is 65.7 Å². The van der Waals surface area contributed by atoms with Gasteiger partial charge in [0.05, 0.1) is 12.7 Å². The first-order valence-corrected chi connectivity index (χ1v) is 12.2. The van der Waals surface area contributed by atoms with Crippen molar-refractivity contribution in [3.8, 4) is 5.75 Å². The molecule has 8 heteroatoms. The smallest absolute Gasteiger partial charge is 0.256 e. The normalized spacial score (nSPS) is 17.0. The lowest BCUT2D eigenvalue weighted by atomic mass is 9.72. The first kappa shape index (κ1) is 23.2. The lowest BCUT2D eigenvalue weighted by Gasteiger charge is -2.44. The number of rotatable bonds is 9. The molecule has 0 aromatic heterocycles.